The molecule has 0 aromatic heterocycles. The zero-order valence-corrected chi connectivity index (χ0v) is 12.5. The summed E-state index contributed by atoms with van der Waals surface area (Å²) in [7, 11) is 1.37. The summed E-state index contributed by atoms with van der Waals surface area (Å²) >= 11 is 0. The number of nitrogens with zero attached hydrogens (tertiary/aromatic N) is 1. The Morgan fingerprint density at radius 1 is 1.32 bits per heavy atom. The Kier molecular flexibility index (Phi) is 5.88. The van der Waals surface area contributed by atoms with Gasteiger partial charge in [0.05, 0.1) is 24.9 Å². The molecule has 6 atom stereocenters. The van der Waals surface area contributed by atoms with Crippen molar-refractivity contribution in [2.45, 2.75) is 49.7 Å². The van der Waals surface area contributed by atoms with Crippen LogP contribution in [-0.4, -0.2) is 91.0 Å². The molecule has 0 aromatic rings. The van der Waals surface area contributed by atoms with Crippen LogP contribution in [0.3, 0.4) is 0 Å². The molecule has 1 aliphatic carbocycles. The first kappa shape index (κ1) is 18.8. The second-order valence-corrected chi connectivity index (χ2v) is 5.84. The molecular weight excluding hydrogens is 298 g/mol. The van der Waals surface area contributed by atoms with Crippen molar-refractivity contribution in [1.82, 2.24) is 4.90 Å². The average Bonchev–Trinajstić information content (AvgIpc) is 2.43. The Morgan fingerprint density at radius 3 is 2.27 bits per heavy atom. The number of likely N-dealkylation sites (N-methyl/N-ethyl adjacent to an activating group) is 1. The van der Waals surface area contributed by atoms with E-state index in [1.807, 2.05) is 0 Å². The van der Waals surface area contributed by atoms with Gasteiger partial charge in [-0.15, -0.1) is 0 Å². The summed E-state index contributed by atoms with van der Waals surface area (Å²) in [6, 6.07) is -0.992. The Labute approximate surface area is 127 Å². The van der Waals surface area contributed by atoms with Crippen LogP contribution < -0.4 is 0 Å². The third-order valence-corrected chi connectivity index (χ3v) is 4.32. The zero-order valence-electron chi connectivity index (χ0n) is 12.5. The molecule has 1 saturated carbocycles. The summed E-state index contributed by atoms with van der Waals surface area (Å²) in [6.07, 6.45) is -5.59. The minimum absolute atomic E-state index is 0.430. The maximum atomic E-state index is 11.5. The molecule has 0 aliphatic heterocycles. The van der Waals surface area contributed by atoms with Gasteiger partial charge >= 0.3 is 5.97 Å². The highest BCUT2D eigenvalue weighted by molar-refractivity contribution is 5.78. The lowest BCUT2D eigenvalue weighted by Gasteiger charge is -2.47. The third-order valence-electron chi connectivity index (χ3n) is 4.32. The lowest BCUT2D eigenvalue weighted by Crippen LogP contribution is -2.63. The summed E-state index contributed by atoms with van der Waals surface area (Å²) in [6.45, 7) is 0.451. The van der Waals surface area contributed by atoms with Crippen molar-refractivity contribution in [2.75, 3.05) is 13.7 Å². The third kappa shape index (κ3) is 3.55. The van der Waals surface area contributed by atoms with Crippen molar-refractivity contribution in [3.63, 3.8) is 0 Å². The van der Waals surface area contributed by atoms with Gasteiger partial charge in [-0.05, 0) is 6.42 Å². The average molecular weight is 321 g/mol. The topological polar surface area (TPSA) is 159 Å². The van der Waals surface area contributed by atoms with Gasteiger partial charge in [0.2, 0.25) is 5.91 Å². The number of carboxylic acid groups (broad SMARTS) is 1. The van der Waals surface area contributed by atoms with Gasteiger partial charge in [0, 0.05) is 26.3 Å². The monoisotopic (exact) mass is 321 g/mol. The largest absolute Gasteiger partial charge is 0.479 e. The van der Waals surface area contributed by atoms with Crippen LogP contribution in [0.25, 0.3) is 0 Å². The van der Waals surface area contributed by atoms with Gasteiger partial charge in [-0.25, -0.2) is 4.79 Å². The summed E-state index contributed by atoms with van der Waals surface area (Å²) in [4.78, 5) is 23.9. The number of carbonyl (C=O) groups is 2. The summed E-state index contributed by atoms with van der Waals surface area (Å²) in [5.41, 5.74) is -2.28. The molecule has 22 heavy (non-hydrogen) atoms. The van der Waals surface area contributed by atoms with E-state index in [1.165, 1.54) is 14.0 Å². The lowest BCUT2D eigenvalue weighted by atomic mass is 9.70. The smallest absolute Gasteiger partial charge is 0.335 e. The minimum Gasteiger partial charge on any atom is -0.479 e. The van der Waals surface area contributed by atoms with Gasteiger partial charge in [-0.3, -0.25) is 4.79 Å². The molecule has 0 radical (unpaired) electrons. The molecule has 0 aromatic carbocycles. The predicted molar refractivity (Wildman–Crippen MR) is 72.6 cm³/mol. The van der Waals surface area contributed by atoms with E-state index in [1.54, 1.807) is 0 Å². The van der Waals surface area contributed by atoms with E-state index in [0.29, 0.717) is 0 Å². The Morgan fingerprint density at radius 2 is 1.86 bits per heavy atom. The van der Waals surface area contributed by atoms with Crippen molar-refractivity contribution in [3.8, 4) is 0 Å². The SMILES string of the molecule is CC(=O)N(C)[C@H]1[C@H]([C@H](O)C(O)CO)C[C@](O)(C(=O)O)C[C@@H]1O. The summed E-state index contributed by atoms with van der Waals surface area (Å²) < 4.78 is 0. The first-order valence-corrected chi connectivity index (χ1v) is 6.89. The molecule has 9 nitrogen and oxygen atoms in total. The number of carboxylic acids is 1. The fourth-order valence-electron chi connectivity index (χ4n) is 2.99. The molecule has 0 bridgehead atoms. The molecule has 9 heteroatoms. The summed E-state index contributed by atoms with van der Waals surface area (Å²) in [5, 5.41) is 58.0. The Balaban J connectivity index is 3.19. The number of carbonyl (C=O) groups excluding carboxylic acids is 1. The molecule has 1 aliphatic rings. The first-order valence-electron chi connectivity index (χ1n) is 6.89. The van der Waals surface area contributed by atoms with E-state index in [9.17, 15) is 30.0 Å². The second kappa shape index (κ2) is 6.88. The molecule has 1 fully saturated rings. The first-order chi connectivity index (χ1) is 10.0. The van der Waals surface area contributed by atoms with Crippen molar-refractivity contribution < 1.29 is 40.2 Å². The van der Waals surface area contributed by atoms with Crippen molar-refractivity contribution in [3.05, 3.63) is 0 Å². The zero-order chi connectivity index (χ0) is 17.2. The van der Waals surface area contributed by atoms with E-state index in [4.69, 9.17) is 10.2 Å². The Hall–Kier alpha value is -1.26. The number of hydrogen-bond acceptors (Lipinski definition) is 7. The molecule has 0 saturated heterocycles. The van der Waals surface area contributed by atoms with E-state index in [0.717, 1.165) is 4.90 Å². The quantitative estimate of drug-likeness (QED) is 0.315. The number of rotatable bonds is 5. The predicted octanol–water partition coefficient (Wildman–Crippen LogP) is -2.87. The second-order valence-electron chi connectivity index (χ2n) is 5.84. The molecule has 128 valence electrons. The van der Waals surface area contributed by atoms with Crippen LogP contribution >= 0.6 is 0 Å². The molecule has 1 amide bonds. The van der Waals surface area contributed by atoms with Crippen molar-refractivity contribution in [1.29, 1.82) is 0 Å². The van der Waals surface area contributed by atoms with Gasteiger partial charge in [0.15, 0.2) is 5.60 Å². The van der Waals surface area contributed by atoms with Crippen LogP contribution in [0.15, 0.2) is 0 Å². The van der Waals surface area contributed by atoms with Crippen LogP contribution in [0.4, 0.5) is 0 Å². The van der Waals surface area contributed by atoms with Crippen LogP contribution in [0, 0.1) is 5.92 Å². The van der Waals surface area contributed by atoms with E-state index in [2.05, 4.69) is 0 Å². The number of amides is 1. The standard InChI is InChI=1S/C13H23NO8/c1-6(16)14(2)10-7(11(19)9(18)5-15)3-13(22,12(20)21)4-8(10)17/h7-11,15,17-19,22H,3-5H2,1-2H3,(H,20,21)/t7-,8+,9?,10+,11+,13-/m1/s1. The maximum Gasteiger partial charge on any atom is 0.335 e. The fraction of sp³-hybridized carbons (Fsp3) is 0.846. The molecule has 0 spiro atoms. The highest BCUT2D eigenvalue weighted by Gasteiger charge is 2.53. The van der Waals surface area contributed by atoms with Crippen LogP contribution in [0.5, 0.6) is 0 Å². The minimum atomic E-state index is -2.28. The molecule has 6 N–H and O–H groups in total. The van der Waals surface area contributed by atoms with Crippen molar-refractivity contribution in [2.24, 2.45) is 5.92 Å². The van der Waals surface area contributed by atoms with Crippen LogP contribution in [0.1, 0.15) is 19.8 Å². The van der Waals surface area contributed by atoms with Gasteiger partial charge in [0.25, 0.3) is 0 Å². The normalized spacial score (nSPS) is 34.8. The van der Waals surface area contributed by atoms with E-state index >= 15 is 0 Å². The number of hydrogen-bond donors (Lipinski definition) is 6. The Bertz CT molecular complexity index is 430. The highest BCUT2D eigenvalue weighted by atomic mass is 16.4. The maximum absolute atomic E-state index is 11.5. The summed E-state index contributed by atoms with van der Waals surface area (Å²) in [5.74, 6) is -3.12. The molecular formula is C13H23NO8. The van der Waals surface area contributed by atoms with E-state index in [-0.39, 0.29) is 0 Å². The lowest BCUT2D eigenvalue weighted by molar-refractivity contribution is -0.185. The number of aliphatic hydroxyl groups excluding tert-OH is 4. The van der Waals surface area contributed by atoms with Crippen LogP contribution in [-0.2, 0) is 9.59 Å². The molecule has 1 unspecified atom stereocenters. The van der Waals surface area contributed by atoms with Gasteiger partial charge in [-0.2, -0.15) is 0 Å². The van der Waals surface area contributed by atoms with Gasteiger partial charge in [0.1, 0.15) is 6.10 Å². The van der Waals surface area contributed by atoms with Gasteiger partial charge < -0.3 is 35.5 Å². The van der Waals surface area contributed by atoms with E-state index < -0.39 is 67.2 Å². The number of aliphatic hydroxyl groups is 5. The highest BCUT2D eigenvalue weighted by Crippen LogP contribution is 2.38. The van der Waals surface area contributed by atoms with Gasteiger partial charge in [-0.1, -0.05) is 0 Å². The van der Waals surface area contributed by atoms with Crippen LogP contribution in [0.2, 0.25) is 0 Å². The molecule has 1 rings (SSSR count). The van der Waals surface area contributed by atoms with Crippen molar-refractivity contribution >= 4 is 11.9 Å². The number of aliphatic carboxylic acids is 1. The molecule has 0 heterocycles. The fourth-order valence-corrected chi connectivity index (χ4v) is 2.99.